The molecule has 0 aliphatic rings. The summed E-state index contributed by atoms with van der Waals surface area (Å²) < 4.78 is 58.6. The van der Waals surface area contributed by atoms with E-state index in [1.54, 1.807) is 55.6 Å². The minimum atomic E-state index is -3.70. The van der Waals surface area contributed by atoms with Crippen LogP contribution in [-0.4, -0.2) is 50.9 Å². The highest BCUT2D eigenvalue weighted by molar-refractivity contribution is 7.93. The summed E-state index contributed by atoms with van der Waals surface area (Å²) >= 11 is 0. The Morgan fingerprint density at radius 2 is 1.81 bits per heavy atom. The number of hydrogen-bond acceptors (Lipinski definition) is 6. The predicted molar refractivity (Wildman–Crippen MR) is 127 cm³/mol. The zero-order valence-electron chi connectivity index (χ0n) is 19.2. The van der Waals surface area contributed by atoms with Crippen LogP contribution in [0.4, 0.5) is 5.69 Å². The molecule has 0 aliphatic carbocycles. The number of rotatable bonds is 7. The highest BCUT2D eigenvalue weighted by Gasteiger charge is 2.34. The minimum absolute atomic E-state index is 0.0527. The van der Waals surface area contributed by atoms with Crippen molar-refractivity contribution >= 4 is 31.2 Å². The number of benzene rings is 1. The SMILES string of the molecule is CCCS(=O)(=O)N(C)c1cccc(-c2cnc3cc(OC)c(S(=O)(=O)C(C)(C)C)cn23)c1. The third kappa shape index (κ3) is 4.21. The number of fused-ring (bicyclic) bond motifs is 1. The lowest BCUT2D eigenvalue weighted by Crippen LogP contribution is -2.28. The molecule has 10 heteroatoms. The Bertz CT molecular complexity index is 1350. The lowest BCUT2D eigenvalue weighted by atomic mass is 10.1. The van der Waals surface area contributed by atoms with E-state index in [9.17, 15) is 16.8 Å². The van der Waals surface area contributed by atoms with Gasteiger partial charge in [-0.15, -0.1) is 0 Å². The summed E-state index contributed by atoms with van der Waals surface area (Å²) in [4.78, 5) is 4.47. The van der Waals surface area contributed by atoms with E-state index in [2.05, 4.69) is 4.98 Å². The molecular formula is C22H29N3O5S2. The fourth-order valence-corrected chi connectivity index (χ4v) is 5.84. The smallest absolute Gasteiger partial charge is 0.234 e. The first-order valence-corrected chi connectivity index (χ1v) is 13.3. The molecule has 0 radical (unpaired) electrons. The standard InChI is InChI=1S/C22H29N3O5S2/c1-7-11-31(26,27)24(5)17-10-8-9-16(12-17)18-14-23-21-13-19(30-6)20(15-25(18)21)32(28,29)22(2,3)4/h8-10,12-15H,7,11H2,1-6H3. The Morgan fingerprint density at radius 1 is 1.12 bits per heavy atom. The molecule has 0 atom stereocenters. The summed E-state index contributed by atoms with van der Waals surface area (Å²) in [5.41, 5.74) is 2.37. The Balaban J connectivity index is 2.19. The number of hydrogen-bond donors (Lipinski definition) is 0. The van der Waals surface area contributed by atoms with Gasteiger partial charge in [0, 0.05) is 24.9 Å². The molecule has 0 unspecified atom stereocenters. The van der Waals surface area contributed by atoms with Gasteiger partial charge in [0.1, 0.15) is 16.3 Å². The molecule has 0 spiro atoms. The molecule has 174 valence electrons. The van der Waals surface area contributed by atoms with Gasteiger partial charge in [0.05, 0.1) is 35.2 Å². The fraction of sp³-hybridized carbons (Fsp3) is 0.409. The first-order chi connectivity index (χ1) is 14.8. The van der Waals surface area contributed by atoms with Crippen molar-refractivity contribution in [2.24, 2.45) is 0 Å². The second kappa shape index (κ2) is 8.40. The average Bonchev–Trinajstić information content (AvgIpc) is 3.14. The van der Waals surface area contributed by atoms with Crippen LogP contribution in [0.2, 0.25) is 0 Å². The van der Waals surface area contributed by atoms with Crippen LogP contribution in [0.3, 0.4) is 0 Å². The maximum Gasteiger partial charge on any atom is 0.234 e. The Hall–Kier alpha value is -2.59. The summed E-state index contributed by atoms with van der Waals surface area (Å²) in [7, 11) is -4.17. The van der Waals surface area contributed by atoms with Gasteiger partial charge in [0.25, 0.3) is 0 Å². The maximum absolute atomic E-state index is 13.2. The number of imidazole rings is 1. The van der Waals surface area contributed by atoms with E-state index in [1.807, 2.05) is 13.0 Å². The van der Waals surface area contributed by atoms with Crippen LogP contribution in [0, 0.1) is 0 Å². The number of sulfone groups is 1. The number of sulfonamides is 1. The van der Waals surface area contributed by atoms with Gasteiger partial charge in [-0.2, -0.15) is 0 Å². The van der Waals surface area contributed by atoms with Crippen LogP contribution in [0.25, 0.3) is 16.9 Å². The van der Waals surface area contributed by atoms with Crippen molar-refractivity contribution in [1.82, 2.24) is 9.38 Å². The monoisotopic (exact) mass is 479 g/mol. The topological polar surface area (TPSA) is 98.0 Å². The van der Waals surface area contributed by atoms with Crippen LogP contribution < -0.4 is 9.04 Å². The molecule has 3 rings (SSSR count). The van der Waals surface area contributed by atoms with Crippen molar-refractivity contribution in [3.05, 3.63) is 42.7 Å². The highest BCUT2D eigenvalue weighted by Crippen LogP contribution is 2.35. The lowest BCUT2D eigenvalue weighted by molar-refractivity contribution is 0.401. The van der Waals surface area contributed by atoms with Gasteiger partial charge in [0.15, 0.2) is 9.84 Å². The van der Waals surface area contributed by atoms with Crippen molar-refractivity contribution in [1.29, 1.82) is 0 Å². The minimum Gasteiger partial charge on any atom is -0.495 e. The molecule has 8 nitrogen and oxygen atoms in total. The molecule has 0 N–H and O–H groups in total. The van der Waals surface area contributed by atoms with Crippen molar-refractivity contribution in [3.63, 3.8) is 0 Å². The number of nitrogens with zero attached hydrogens (tertiary/aromatic N) is 3. The van der Waals surface area contributed by atoms with Gasteiger partial charge in [-0.3, -0.25) is 8.71 Å². The summed E-state index contributed by atoms with van der Waals surface area (Å²) in [6, 6.07) is 8.65. The van der Waals surface area contributed by atoms with Gasteiger partial charge in [-0.1, -0.05) is 19.1 Å². The zero-order valence-corrected chi connectivity index (χ0v) is 20.8. The van der Waals surface area contributed by atoms with E-state index < -0.39 is 24.6 Å². The molecule has 0 saturated carbocycles. The first-order valence-electron chi connectivity index (χ1n) is 10.2. The van der Waals surface area contributed by atoms with Crippen LogP contribution in [0.1, 0.15) is 34.1 Å². The molecule has 1 aromatic carbocycles. The van der Waals surface area contributed by atoms with E-state index in [1.165, 1.54) is 24.7 Å². The maximum atomic E-state index is 13.2. The third-order valence-corrected chi connectivity index (χ3v) is 9.74. The Labute approximate surface area is 189 Å². The van der Waals surface area contributed by atoms with Crippen LogP contribution >= 0.6 is 0 Å². The van der Waals surface area contributed by atoms with E-state index >= 15 is 0 Å². The highest BCUT2D eigenvalue weighted by atomic mass is 32.2. The lowest BCUT2D eigenvalue weighted by Gasteiger charge is -2.21. The number of aromatic nitrogens is 2. The largest absolute Gasteiger partial charge is 0.495 e. The second-order valence-corrected chi connectivity index (χ2v) is 13.3. The molecule has 0 amide bonds. The van der Waals surface area contributed by atoms with Crippen molar-refractivity contribution in [2.75, 3.05) is 24.2 Å². The quantitative estimate of drug-likeness (QED) is 0.512. The number of ether oxygens (including phenoxy) is 1. The van der Waals surface area contributed by atoms with Crippen LogP contribution in [0.5, 0.6) is 5.75 Å². The second-order valence-electron chi connectivity index (χ2n) is 8.53. The number of pyridine rings is 1. The van der Waals surface area contributed by atoms with Crippen LogP contribution in [-0.2, 0) is 19.9 Å². The normalized spacial score (nSPS) is 12.8. The summed E-state index contributed by atoms with van der Waals surface area (Å²) in [5.74, 6) is 0.278. The Kier molecular flexibility index (Phi) is 6.32. The summed E-state index contributed by atoms with van der Waals surface area (Å²) in [5, 5.41) is 0. The Morgan fingerprint density at radius 3 is 2.41 bits per heavy atom. The summed E-state index contributed by atoms with van der Waals surface area (Å²) in [6.45, 7) is 6.72. The molecule has 0 fully saturated rings. The summed E-state index contributed by atoms with van der Waals surface area (Å²) in [6.07, 6.45) is 3.66. The van der Waals surface area contributed by atoms with Crippen molar-refractivity contribution in [2.45, 2.75) is 43.8 Å². The van der Waals surface area contributed by atoms with Gasteiger partial charge < -0.3 is 4.74 Å². The molecular weight excluding hydrogens is 450 g/mol. The zero-order chi connectivity index (χ0) is 23.9. The number of methoxy groups -OCH3 is 1. The average molecular weight is 480 g/mol. The predicted octanol–water partition coefficient (Wildman–Crippen LogP) is 3.76. The van der Waals surface area contributed by atoms with Gasteiger partial charge in [-0.05, 0) is 39.3 Å². The van der Waals surface area contributed by atoms with E-state index in [-0.39, 0.29) is 16.4 Å². The molecule has 0 bridgehead atoms. The van der Waals surface area contributed by atoms with Gasteiger partial charge >= 0.3 is 0 Å². The molecule has 3 aromatic rings. The van der Waals surface area contributed by atoms with Crippen LogP contribution in [0.15, 0.2) is 47.6 Å². The van der Waals surface area contributed by atoms with E-state index in [0.717, 1.165) is 0 Å². The molecule has 0 saturated heterocycles. The first kappa shape index (κ1) is 24.1. The third-order valence-electron chi connectivity index (χ3n) is 5.28. The van der Waals surface area contributed by atoms with Gasteiger partial charge in [0.2, 0.25) is 10.0 Å². The van der Waals surface area contributed by atoms with Gasteiger partial charge in [-0.25, -0.2) is 21.8 Å². The van der Waals surface area contributed by atoms with E-state index in [0.29, 0.717) is 29.0 Å². The van der Waals surface area contributed by atoms with Crippen molar-refractivity contribution < 1.29 is 21.6 Å². The molecule has 2 aromatic heterocycles. The molecule has 2 heterocycles. The number of anilines is 1. The fourth-order valence-electron chi connectivity index (χ4n) is 3.31. The van der Waals surface area contributed by atoms with Crippen molar-refractivity contribution in [3.8, 4) is 17.0 Å². The van der Waals surface area contributed by atoms with E-state index in [4.69, 9.17) is 4.74 Å². The molecule has 0 aliphatic heterocycles. The molecule has 32 heavy (non-hydrogen) atoms.